The summed E-state index contributed by atoms with van der Waals surface area (Å²) in [6, 6.07) is 15.4. The van der Waals surface area contributed by atoms with Gasteiger partial charge in [0, 0.05) is 17.5 Å². The summed E-state index contributed by atoms with van der Waals surface area (Å²) in [5, 5.41) is 1.21. The van der Waals surface area contributed by atoms with Crippen LogP contribution < -0.4 is 4.74 Å². The molecule has 3 heteroatoms. The van der Waals surface area contributed by atoms with Gasteiger partial charge in [-0.2, -0.15) is 0 Å². The van der Waals surface area contributed by atoms with E-state index in [2.05, 4.69) is 12.1 Å². The summed E-state index contributed by atoms with van der Waals surface area (Å²) < 4.78 is 5.61. The standard InChI is InChI=1S/C14H12Cl2O/c15-12-6-7-13(16)14(10-12)17-9-8-11-4-2-1-3-5-11/h1-7,10H,8-9H2. The van der Waals surface area contributed by atoms with Crippen LogP contribution in [-0.4, -0.2) is 6.61 Å². The Morgan fingerprint density at radius 3 is 2.47 bits per heavy atom. The van der Waals surface area contributed by atoms with Gasteiger partial charge in [-0.25, -0.2) is 0 Å². The van der Waals surface area contributed by atoms with E-state index in [0.717, 1.165) is 6.42 Å². The van der Waals surface area contributed by atoms with Gasteiger partial charge in [-0.05, 0) is 17.7 Å². The molecular weight excluding hydrogens is 255 g/mol. The molecule has 0 atom stereocenters. The highest BCUT2D eigenvalue weighted by molar-refractivity contribution is 6.34. The van der Waals surface area contributed by atoms with Crippen LogP contribution in [0.2, 0.25) is 10.0 Å². The van der Waals surface area contributed by atoms with E-state index in [4.69, 9.17) is 27.9 Å². The fourth-order valence-electron chi connectivity index (χ4n) is 1.51. The van der Waals surface area contributed by atoms with E-state index in [1.54, 1.807) is 18.2 Å². The summed E-state index contributed by atoms with van der Waals surface area (Å²) in [5.74, 6) is 0.634. The lowest BCUT2D eigenvalue weighted by Gasteiger charge is -2.08. The first kappa shape index (κ1) is 12.3. The summed E-state index contributed by atoms with van der Waals surface area (Å²) in [6.07, 6.45) is 0.851. The topological polar surface area (TPSA) is 9.23 Å². The van der Waals surface area contributed by atoms with Gasteiger partial charge in [0.1, 0.15) is 5.75 Å². The molecule has 1 nitrogen and oxygen atoms in total. The van der Waals surface area contributed by atoms with Crippen LogP contribution in [-0.2, 0) is 6.42 Å². The molecule has 0 bridgehead atoms. The molecule has 17 heavy (non-hydrogen) atoms. The van der Waals surface area contributed by atoms with E-state index in [0.29, 0.717) is 22.4 Å². The lowest BCUT2D eigenvalue weighted by atomic mass is 10.2. The van der Waals surface area contributed by atoms with Gasteiger partial charge in [0.05, 0.1) is 11.6 Å². The van der Waals surface area contributed by atoms with Crippen molar-refractivity contribution in [2.45, 2.75) is 6.42 Å². The molecule has 2 aromatic rings. The quantitative estimate of drug-likeness (QED) is 0.785. The number of hydrogen-bond acceptors (Lipinski definition) is 1. The molecule has 0 fully saturated rings. The van der Waals surface area contributed by atoms with Crippen molar-refractivity contribution < 1.29 is 4.74 Å². The van der Waals surface area contributed by atoms with Gasteiger partial charge in [-0.3, -0.25) is 0 Å². The third kappa shape index (κ3) is 3.65. The Labute approximate surface area is 111 Å². The van der Waals surface area contributed by atoms with Crippen LogP contribution in [0.3, 0.4) is 0 Å². The van der Waals surface area contributed by atoms with Crippen molar-refractivity contribution in [2.75, 3.05) is 6.61 Å². The highest BCUT2D eigenvalue weighted by Crippen LogP contribution is 2.27. The summed E-state index contributed by atoms with van der Waals surface area (Å²) in [5.41, 5.74) is 1.24. The third-order valence-electron chi connectivity index (χ3n) is 2.38. The van der Waals surface area contributed by atoms with Crippen molar-refractivity contribution in [3.63, 3.8) is 0 Å². The highest BCUT2D eigenvalue weighted by Gasteiger charge is 2.02. The molecule has 0 radical (unpaired) electrons. The molecular formula is C14H12Cl2O. The molecule has 0 saturated heterocycles. The van der Waals surface area contributed by atoms with Crippen LogP contribution in [0.1, 0.15) is 5.56 Å². The molecule has 0 aliphatic heterocycles. The minimum Gasteiger partial charge on any atom is -0.492 e. The molecule has 0 spiro atoms. The largest absolute Gasteiger partial charge is 0.492 e. The monoisotopic (exact) mass is 266 g/mol. The number of ether oxygens (including phenoxy) is 1. The van der Waals surface area contributed by atoms with Gasteiger partial charge in [-0.15, -0.1) is 0 Å². The normalized spacial score (nSPS) is 10.2. The summed E-state index contributed by atoms with van der Waals surface area (Å²) in [6.45, 7) is 0.587. The smallest absolute Gasteiger partial charge is 0.139 e. The fraction of sp³-hybridized carbons (Fsp3) is 0.143. The fourth-order valence-corrected chi connectivity index (χ4v) is 1.85. The Bertz CT molecular complexity index is 483. The maximum Gasteiger partial charge on any atom is 0.139 e. The zero-order chi connectivity index (χ0) is 12.1. The molecule has 0 aliphatic rings. The molecule has 0 heterocycles. The van der Waals surface area contributed by atoms with E-state index < -0.39 is 0 Å². The maximum absolute atomic E-state index is 5.99. The zero-order valence-electron chi connectivity index (χ0n) is 9.20. The van der Waals surface area contributed by atoms with Gasteiger partial charge in [0.2, 0.25) is 0 Å². The molecule has 0 amide bonds. The Balaban J connectivity index is 1.92. The molecule has 0 unspecified atom stereocenters. The van der Waals surface area contributed by atoms with Gasteiger partial charge in [0.15, 0.2) is 0 Å². The van der Waals surface area contributed by atoms with Crippen molar-refractivity contribution in [3.8, 4) is 5.75 Å². The Hall–Kier alpha value is -1.18. The van der Waals surface area contributed by atoms with E-state index >= 15 is 0 Å². The Morgan fingerprint density at radius 2 is 1.71 bits per heavy atom. The van der Waals surface area contributed by atoms with E-state index in [-0.39, 0.29) is 0 Å². The van der Waals surface area contributed by atoms with Crippen molar-refractivity contribution in [1.29, 1.82) is 0 Å². The number of rotatable bonds is 4. The molecule has 0 N–H and O–H groups in total. The van der Waals surface area contributed by atoms with Gasteiger partial charge in [-0.1, -0.05) is 53.5 Å². The molecule has 2 rings (SSSR count). The van der Waals surface area contributed by atoms with E-state index in [1.807, 2.05) is 18.2 Å². The van der Waals surface area contributed by atoms with Gasteiger partial charge < -0.3 is 4.74 Å². The second-order valence-electron chi connectivity index (χ2n) is 3.66. The molecule has 88 valence electrons. The van der Waals surface area contributed by atoms with Crippen molar-refractivity contribution in [3.05, 3.63) is 64.1 Å². The summed E-state index contributed by atoms with van der Waals surface area (Å²) in [7, 11) is 0. The van der Waals surface area contributed by atoms with Crippen LogP contribution in [0, 0.1) is 0 Å². The van der Waals surface area contributed by atoms with Crippen LogP contribution >= 0.6 is 23.2 Å². The van der Waals surface area contributed by atoms with Crippen molar-refractivity contribution in [2.24, 2.45) is 0 Å². The van der Waals surface area contributed by atoms with Crippen LogP contribution in [0.5, 0.6) is 5.75 Å². The summed E-state index contributed by atoms with van der Waals surface area (Å²) in [4.78, 5) is 0. The molecule has 0 aliphatic carbocycles. The second kappa shape index (κ2) is 5.95. The minimum atomic E-state index is 0.586. The average Bonchev–Trinajstić information content (AvgIpc) is 2.35. The Kier molecular flexibility index (Phi) is 4.29. The number of hydrogen-bond donors (Lipinski definition) is 0. The van der Waals surface area contributed by atoms with Crippen LogP contribution in [0.25, 0.3) is 0 Å². The summed E-state index contributed by atoms with van der Waals surface area (Å²) >= 11 is 11.9. The lowest BCUT2D eigenvalue weighted by Crippen LogP contribution is -2.01. The predicted molar refractivity (Wildman–Crippen MR) is 72.1 cm³/mol. The van der Waals surface area contributed by atoms with Crippen LogP contribution in [0.4, 0.5) is 0 Å². The average molecular weight is 267 g/mol. The highest BCUT2D eigenvalue weighted by atomic mass is 35.5. The van der Waals surface area contributed by atoms with Crippen molar-refractivity contribution in [1.82, 2.24) is 0 Å². The third-order valence-corrected chi connectivity index (χ3v) is 2.93. The maximum atomic E-state index is 5.99. The second-order valence-corrected chi connectivity index (χ2v) is 4.50. The predicted octanol–water partition coefficient (Wildman–Crippen LogP) is 4.61. The lowest BCUT2D eigenvalue weighted by molar-refractivity contribution is 0.322. The van der Waals surface area contributed by atoms with Gasteiger partial charge in [0.25, 0.3) is 0 Å². The molecule has 0 saturated carbocycles. The molecule has 2 aromatic carbocycles. The molecule has 0 aromatic heterocycles. The zero-order valence-corrected chi connectivity index (χ0v) is 10.7. The minimum absolute atomic E-state index is 0.586. The van der Waals surface area contributed by atoms with E-state index in [1.165, 1.54) is 5.56 Å². The van der Waals surface area contributed by atoms with Crippen LogP contribution in [0.15, 0.2) is 48.5 Å². The Morgan fingerprint density at radius 1 is 0.941 bits per heavy atom. The number of halogens is 2. The first-order valence-corrected chi connectivity index (χ1v) is 6.13. The SMILES string of the molecule is Clc1ccc(Cl)c(OCCc2ccccc2)c1. The number of benzene rings is 2. The van der Waals surface area contributed by atoms with Crippen molar-refractivity contribution >= 4 is 23.2 Å². The van der Waals surface area contributed by atoms with Gasteiger partial charge >= 0.3 is 0 Å². The van der Waals surface area contributed by atoms with E-state index in [9.17, 15) is 0 Å². The first-order chi connectivity index (χ1) is 8.25. The first-order valence-electron chi connectivity index (χ1n) is 5.37.